The summed E-state index contributed by atoms with van der Waals surface area (Å²) in [6.45, 7) is 5.15. The number of nitrogens with one attached hydrogen (secondary N) is 1. The molecule has 3 aromatic rings. The van der Waals surface area contributed by atoms with E-state index in [0.717, 1.165) is 23.5 Å². The molecule has 0 aliphatic heterocycles. The second-order valence-corrected chi connectivity index (χ2v) is 6.51. The molecule has 27 heavy (non-hydrogen) atoms. The molecule has 0 bridgehead atoms. The number of aliphatic hydroxyl groups is 1. The molecule has 1 atom stereocenters. The van der Waals surface area contributed by atoms with Gasteiger partial charge in [-0.25, -0.2) is 4.68 Å². The topological polar surface area (TPSA) is 50.1 Å². The van der Waals surface area contributed by atoms with Crippen molar-refractivity contribution in [1.29, 1.82) is 0 Å². The molecule has 0 fully saturated rings. The van der Waals surface area contributed by atoms with E-state index in [-0.39, 0.29) is 12.6 Å². The normalized spacial score (nSPS) is 11.7. The lowest BCUT2D eigenvalue weighted by Crippen LogP contribution is -2.18. The fraction of sp³-hybridized carbons (Fsp3) is 0.261. The van der Waals surface area contributed by atoms with E-state index >= 15 is 0 Å². The zero-order valence-corrected chi connectivity index (χ0v) is 15.8. The predicted octanol–water partition coefficient (Wildman–Crippen LogP) is 3.77. The molecule has 0 spiro atoms. The van der Waals surface area contributed by atoms with E-state index in [4.69, 9.17) is 5.11 Å². The third-order valence-corrected chi connectivity index (χ3v) is 4.55. The lowest BCUT2D eigenvalue weighted by Gasteiger charge is -2.14. The smallest absolute Gasteiger partial charge is 0.0648 e. The monoisotopic (exact) mass is 359 g/mol. The Morgan fingerprint density at radius 3 is 2.56 bits per heavy atom. The fourth-order valence-electron chi connectivity index (χ4n) is 2.98. The van der Waals surface area contributed by atoms with E-state index in [1.54, 1.807) is 0 Å². The van der Waals surface area contributed by atoms with E-state index in [2.05, 4.69) is 60.4 Å². The molecule has 4 nitrogen and oxygen atoms in total. The first kappa shape index (κ1) is 18.9. The predicted molar refractivity (Wildman–Crippen MR) is 109 cm³/mol. The molecule has 138 valence electrons. The Morgan fingerprint density at radius 1 is 1.11 bits per heavy atom. The summed E-state index contributed by atoms with van der Waals surface area (Å²) in [5, 5.41) is 16.9. The van der Waals surface area contributed by atoms with Crippen LogP contribution in [0.5, 0.6) is 0 Å². The molecular weight excluding hydrogens is 334 g/mol. The van der Waals surface area contributed by atoms with Crippen molar-refractivity contribution in [3.8, 4) is 17.5 Å². The fourth-order valence-corrected chi connectivity index (χ4v) is 2.98. The highest BCUT2D eigenvalue weighted by Gasteiger charge is 2.13. The summed E-state index contributed by atoms with van der Waals surface area (Å²) in [4.78, 5) is 0. The number of aromatic nitrogens is 2. The van der Waals surface area contributed by atoms with Crippen molar-refractivity contribution in [3.05, 3.63) is 83.2 Å². The number of aliphatic hydroxyl groups excluding tert-OH is 1. The van der Waals surface area contributed by atoms with Gasteiger partial charge in [0.25, 0.3) is 0 Å². The van der Waals surface area contributed by atoms with Crippen molar-refractivity contribution >= 4 is 0 Å². The van der Waals surface area contributed by atoms with Gasteiger partial charge in [0, 0.05) is 35.8 Å². The second-order valence-electron chi connectivity index (χ2n) is 6.51. The van der Waals surface area contributed by atoms with Crippen LogP contribution in [0.2, 0.25) is 0 Å². The summed E-state index contributed by atoms with van der Waals surface area (Å²) in [7, 11) is 0. The molecular formula is C23H25N3O. The van der Waals surface area contributed by atoms with Gasteiger partial charge in [0.15, 0.2) is 0 Å². The minimum atomic E-state index is 0.104. The highest BCUT2D eigenvalue weighted by atomic mass is 16.2. The van der Waals surface area contributed by atoms with Gasteiger partial charge < -0.3 is 10.4 Å². The average molecular weight is 359 g/mol. The molecule has 1 aromatic heterocycles. The maximum Gasteiger partial charge on any atom is 0.0648 e. The third kappa shape index (κ3) is 4.85. The first-order chi connectivity index (χ1) is 13.2. The summed E-state index contributed by atoms with van der Waals surface area (Å²) in [6, 6.07) is 18.6. The van der Waals surface area contributed by atoms with Crippen LogP contribution in [0.25, 0.3) is 5.69 Å². The number of nitrogens with zero attached hydrogens (tertiary/aromatic N) is 2. The first-order valence-corrected chi connectivity index (χ1v) is 9.21. The largest absolute Gasteiger partial charge is 0.395 e. The van der Waals surface area contributed by atoms with Crippen molar-refractivity contribution in [3.63, 3.8) is 0 Å². The van der Waals surface area contributed by atoms with E-state index in [9.17, 15) is 0 Å². The molecule has 2 aromatic carbocycles. The molecule has 0 aliphatic carbocycles. The zero-order chi connectivity index (χ0) is 19.1. The van der Waals surface area contributed by atoms with Gasteiger partial charge >= 0.3 is 0 Å². The Hall–Kier alpha value is -2.87. The van der Waals surface area contributed by atoms with Crippen LogP contribution in [0.1, 0.15) is 41.8 Å². The minimum Gasteiger partial charge on any atom is -0.395 e. The number of benzene rings is 2. The Kier molecular flexibility index (Phi) is 6.43. The number of hydrogen-bond donors (Lipinski definition) is 2. The lowest BCUT2D eigenvalue weighted by atomic mass is 10.1. The Morgan fingerprint density at radius 2 is 1.85 bits per heavy atom. The van der Waals surface area contributed by atoms with Gasteiger partial charge in [0.05, 0.1) is 18.5 Å². The van der Waals surface area contributed by atoms with Crippen LogP contribution in [0.3, 0.4) is 0 Å². The van der Waals surface area contributed by atoms with E-state index < -0.39 is 0 Å². The van der Waals surface area contributed by atoms with Gasteiger partial charge in [-0.05, 0) is 43.7 Å². The number of para-hydroxylation sites is 1. The van der Waals surface area contributed by atoms with E-state index in [0.29, 0.717) is 6.42 Å². The maximum atomic E-state index is 8.77. The van der Waals surface area contributed by atoms with Crippen molar-refractivity contribution < 1.29 is 5.11 Å². The van der Waals surface area contributed by atoms with Gasteiger partial charge in [0.2, 0.25) is 0 Å². The minimum absolute atomic E-state index is 0.104. The van der Waals surface area contributed by atoms with Gasteiger partial charge in [-0.15, -0.1) is 0 Å². The summed E-state index contributed by atoms with van der Waals surface area (Å²) in [5.41, 5.74) is 5.61. The molecule has 0 saturated heterocycles. The quantitative estimate of drug-likeness (QED) is 0.659. The van der Waals surface area contributed by atoms with Crippen LogP contribution < -0.4 is 5.32 Å². The lowest BCUT2D eigenvalue weighted by molar-refractivity contribution is 0.305. The maximum absolute atomic E-state index is 8.77. The van der Waals surface area contributed by atoms with Crippen molar-refractivity contribution in [2.75, 3.05) is 6.61 Å². The van der Waals surface area contributed by atoms with Crippen LogP contribution in [0, 0.1) is 18.8 Å². The van der Waals surface area contributed by atoms with Gasteiger partial charge in [-0.2, -0.15) is 5.10 Å². The summed E-state index contributed by atoms with van der Waals surface area (Å²) >= 11 is 0. The number of rotatable bonds is 6. The third-order valence-electron chi connectivity index (χ3n) is 4.55. The van der Waals surface area contributed by atoms with Crippen LogP contribution in [0.4, 0.5) is 0 Å². The van der Waals surface area contributed by atoms with Crippen LogP contribution >= 0.6 is 0 Å². The highest BCUT2D eigenvalue weighted by molar-refractivity contribution is 5.37. The van der Waals surface area contributed by atoms with Crippen LogP contribution in [0.15, 0.2) is 60.8 Å². The average Bonchev–Trinajstić information content (AvgIpc) is 3.09. The second kappa shape index (κ2) is 9.18. The van der Waals surface area contributed by atoms with Crippen molar-refractivity contribution in [2.24, 2.45) is 0 Å². The Bertz CT molecular complexity index is 918. The van der Waals surface area contributed by atoms with Gasteiger partial charge in [-0.3, -0.25) is 0 Å². The molecule has 1 unspecified atom stereocenters. The zero-order valence-electron chi connectivity index (χ0n) is 15.8. The van der Waals surface area contributed by atoms with E-state index in [1.165, 1.54) is 11.1 Å². The highest BCUT2D eigenvalue weighted by Crippen LogP contribution is 2.20. The van der Waals surface area contributed by atoms with E-state index in [1.807, 2.05) is 41.2 Å². The Labute approximate surface area is 160 Å². The van der Waals surface area contributed by atoms with Crippen molar-refractivity contribution in [2.45, 2.75) is 32.9 Å². The molecule has 3 rings (SSSR count). The molecule has 0 amide bonds. The SMILES string of the molecule is Cc1c(C(C)NCc2ccc(C#CCCO)cc2)cnn1-c1ccccc1. The summed E-state index contributed by atoms with van der Waals surface area (Å²) in [5.74, 6) is 5.99. The molecule has 1 heterocycles. The van der Waals surface area contributed by atoms with Crippen molar-refractivity contribution in [1.82, 2.24) is 15.1 Å². The summed E-state index contributed by atoms with van der Waals surface area (Å²) in [6.07, 6.45) is 2.46. The molecule has 4 heteroatoms. The molecule has 0 saturated carbocycles. The summed E-state index contributed by atoms with van der Waals surface area (Å²) < 4.78 is 1.98. The standard InChI is InChI=1S/C23H25N3O/c1-18(23-17-25-26(19(23)2)22-9-4-3-5-10-22)24-16-21-13-11-20(12-14-21)8-6-7-15-27/h3-5,9-14,17-18,24,27H,7,15-16H2,1-2H3. The van der Waals surface area contributed by atoms with Gasteiger partial charge in [-0.1, -0.05) is 42.2 Å². The van der Waals surface area contributed by atoms with Gasteiger partial charge in [0.1, 0.15) is 0 Å². The van der Waals surface area contributed by atoms with Crippen LogP contribution in [-0.2, 0) is 6.54 Å². The first-order valence-electron chi connectivity index (χ1n) is 9.21. The number of hydrogen-bond acceptors (Lipinski definition) is 3. The van der Waals surface area contributed by atoms with Crippen LogP contribution in [-0.4, -0.2) is 21.5 Å². The Balaban J connectivity index is 1.62. The molecule has 0 radical (unpaired) electrons. The molecule has 2 N–H and O–H groups in total. The molecule has 0 aliphatic rings.